The zero-order chi connectivity index (χ0) is 17.8. The molecule has 130 valence electrons. The van der Waals surface area contributed by atoms with Gasteiger partial charge < -0.3 is 5.32 Å². The number of hydrogen-bond acceptors (Lipinski definition) is 5. The van der Waals surface area contributed by atoms with Gasteiger partial charge >= 0.3 is 0 Å². The van der Waals surface area contributed by atoms with Crippen molar-refractivity contribution >= 4 is 22.9 Å². The van der Waals surface area contributed by atoms with Crippen molar-refractivity contribution in [3.05, 3.63) is 58.1 Å². The second-order valence-corrected chi connectivity index (χ2v) is 7.63. The van der Waals surface area contributed by atoms with Crippen molar-refractivity contribution in [2.45, 2.75) is 33.7 Å². The van der Waals surface area contributed by atoms with Gasteiger partial charge in [-0.25, -0.2) is 14.6 Å². The molecule has 0 aliphatic rings. The third-order valence-corrected chi connectivity index (χ3v) is 4.63. The summed E-state index contributed by atoms with van der Waals surface area (Å²) in [5.41, 5.74) is 2.39. The van der Waals surface area contributed by atoms with Gasteiger partial charge in [-0.15, -0.1) is 11.3 Å². The molecule has 0 saturated carbocycles. The quantitative estimate of drug-likeness (QED) is 0.734. The SMILES string of the molecule is Cc1nc(C(=O)Nc2ccc(Cn3cncn3)cc2)c(CC(C)C)s1. The van der Waals surface area contributed by atoms with Crippen molar-refractivity contribution in [2.75, 3.05) is 5.32 Å². The predicted molar refractivity (Wildman–Crippen MR) is 98.9 cm³/mol. The summed E-state index contributed by atoms with van der Waals surface area (Å²) in [6, 6.07) is 7.73. The third-order valence-electron chi connectivity index (χ3n) is 3.64. The summed E-state index contributed by atoms with van der Waals surface area (Å²) < 4.78 is 1.75. The molecule has 1 amide bonds. The van der Waals surface area contributed by atoms with E-state index in [1.165, 1.54) is 6.33 Å². The maximum absolute atomic E-state index is 12.6. The average molecular weight is 355 g/mol. The van der Waals surface area contributed by atoms with Crippen molar-refractivity contribution in [1.82, 2.24) is 19.7 Å². The van der Waals surface area contributed by atoms with E-state index < -0.39 is 0 Å². The molecule has 2 aromatic heterocycles. The minimum Gasteiger partial charge on any atom is -0.321 e. The number of carbonyl (C=O) groups excluding carboxylic acids is 1. The molecular formula is C18H21N5OS. The van der Waals surface area contributed by atoms with E-state index in [2.05, 4.69) is 34.2 Å². The number of nitrogens with zero attached hydrogens (tertiary/aromatic N) is 4. The zero-order valence-electron chi connectivity index (χ0n) is 14.6. The largest absolute Gasteiger partial charge is 0.321 e. The maximum atomic E-state index is 12.6. The topological polar surface area (TPSA) is 72.7 Å². The molecule has 0 fully saturated rings. The van der Waals surface area contributed by atoms with E-state index in [0.717, 1.165) is 27.6 Å². The van der Waals surface area contributed by atoms with Crippen molar-refractivity contribution in [3.8, 4) is 0 Å². The van der Waals surface area contributed by atoms with Crippen LogP contribution in [-0.2, 0) is 13.0 Å². The number of amides is 1. The first-order valence-electron chi connectivity index (χ1n) is 8.20. The summed E-state index contributed by atoms with van der Waals surface area (Å²) >= 11 is 1.60. The number of thiazole rings is 1. The van der Waals surface area contributed by atoms with Gasteiger partial charge in [0.05, 0.1) is 11.6 Å². The molecular weight excluding hydrogens is 334 g/mol. The van der Waals surface area contributed by atoms with Crippen molar-refractivity contribution in [2.24, 2.45) is 5.92 Å². The molecule has 2 heterocycles. The fourth-order valence-corrected chi connectivity index (χ4v) is 3.69. The molecule has 25 heavy (non-hydrogen) atoms. The molecule has 0 atom stereocenters. The lowest BCUT2D eigenvalue weighted by molar-refractivity contribution is 0.102. The summed E-state index contributed by atoms with van der Waals surface area (Å²) in [5, 5.41) is 7.95. The fraction of sp³-hybridized carbons (Fsp3) is 0.333. The number of benzene rings is 1. The third kappa shape index (κ3) is 4.51. The van der Waals surface area contributed by atoms with Crippen LogP contribution >= 0.6 is 11.3 Å². The number of anilines is 1. The van der Waals surface area contributed by atoms with Gasteiger partial charge in [0.1, 0.15) is 18.3 Å². The van der Waals surface area contributed by atoms with E-state index in [1.807, 2.05) is 31.2 Å². The maximum Gasteiger partial charge on any atom is 0.275 e. The van der Waals surface area contributed by atoms with E-state index in [4.69, 9.17) is 0 Å². The van der Waals surface area contributed by atoms with Crippen LogP contribution in [0.25, 0.3) is 0 Å². The molecule has 0 unspecified atom stereocenters. The van der Waals surface area contributed by atoms with Gasteiger partial charge in [0.15, 0.2) is 0 Å². The Labute approximate surface area is 150 Å². The molecule has 0 saturated heterocycles. The van der Waals surface area contributed by atoms with Crippen LogP contribution in [0.15, 0.2) is 36.9 Å². The molecule has 1 aromatic carbocycles. The first-order chi connectivity index (χ1) is 12.0. The standard InChI is InChI=1S/C18H21N5OS/c1-12(2)8-16-17(21-13(3)25-16)18(24)22-15-6-4-14(5-7-15)9-23-11-19-10-20-23/h4-7,10-12H,8-9H2,1-3H3,(H,22,24). The number of aromatic nitrogens is 4. The molecule has 7 heteroatoms. The van der Waals surface area contributed by atoms with Crippen LogP contribution in [0.2, 0.25) is 0 Å². The zero-order valence-corrected chi connectivity index (χ0v) is 15.4. The minimum atomic E-state index is -0.149. The molecule has 0 aliphatic carbocycles. The van der Waals surface area contributed by atoms with Gasteiger partial charge in [-0.05, 0) is 37.0 Å². The number of hydrogen-bond donors (Lipinski definition) is 1. The van der Waals surface area contributed by atoms with Crippen LogP contribution in [0.5, 0.6) is 0 Å². The second kappa shape index (κ2) is 7.57. The molecule has 3 aromatic rings. The summed E-state index contributed by atoms with van der Waals surface area (Å²) in [4.78, 5) is 22.0. The lowest BCUT2D eigenvalue weighted by Crippen LogP contribution is -2.15. The lowest BCUT2D eigenvalue weighted by Gasteiger charge is -2.08. The number of rotatable bonds is 6. The highest BCUT2D eigenvalue weighted by Crippen LogP contribution is 2.22. The first kappa shape index (κ1) is 17.3. The summed E-state index contributed by atoms with van der Waals surface area (Å²) in [6.07, 6.45) is 4.06. The van der Waals surface area contributed by atoms with Crippen LogP contribution < -0.4 is 5.32 Å². The Morgan fingerprint density at radius 1 is 1.28 bits per heavy atom. The van der Waals surface area contributed by atoms with E-state index >= 15 is 0 Å². The summed E-state index contributed by atoms with van der Waals surface area (Å²) in [7, 11) is 0. The lowest BCUT2D eigenvalue weighted by atomic mass is 10.1. The van der Waals surface area contributed by atoms with E-state index in [-0.39, 0.29) is 5.91 Å². The highest BCUT2D eigenvalue weighted by Gasteiger charge is 2.17. The summed E-state index contributed by atoms with van der Waals surface area (Å²) in [6.45, 7) is 6.87. The number of aryl methyl sites for hydroxylation is 1. The van der Waals surface area contributed by atoms with Gasteiger partial charge in [-0.2, -0.15) is 5.10 Å². The molecule has 1 N–H and O–H groups in total. The highest BCUT2D eigenvalue weighted by atomic mass is 32.1. The van der Waals surface area contributed by atoms with E-state index in [9.17, 15) is 4.79 Å². The Morgan fingerprint density at radius 2 is 2.04 bits per heavy atom. The normalized spacial score (nSPS) is 11.0. The van der Waals surface area contributed by atoms with Crippen molar-refractivity contribution < 1.29 is 4.79 Å². The molecule has 3 rings (SSSR count). The smallest absolute Gasteiger partial charge is 0.275 e. The van der Waals surface area contributed by atoms with Gasteiger partial charge in [-0.3, -0.25) is 4.79 Å². The highest BCUT2D eigenvalue weighted by molar-refractivity contribution is 7.11. The summed E-state index contributed by atoms with van der Waals surface area (Å²) in [5.74, 6) is 0.339. The second-order valence-electron chi connectivity index (χ2n) is 6.35. The minimum absolute atomic E-state index is 0.149. The van der Waals surface area contributed by atoms with Crippen LogP contribution in [0.1, 0.15) is 39.8 Å². The van der Waals surface area contributed by atoms with E-state index in [0.29, 0.717) is 18.2 Å². The molecule has 0 spiro atoms. The van der Waals surface area contributed by atoms with Crippen molar-refractivity contribution in [3.63, 3.8) is 0 Å². The average Bonchev–Trinajstić information content (AvgIpc) is 3.18. The predicted octanol–water partition coefficient (Wildman–Crippen LogP) is 3.54. The van der Waals surface area contributed by atoms with Gasteiger partial charge in [0.25, 0.3) is 5.91 Å². The van der Waals surface area contributed by atoms with E-state index in [1.54, 1.807) is 22.3 Å². The Kier molecular flexibility index (Phi) is 5.23. The Bertz CT molecular complexity index is 837. The number of nitrogens with one attached hydrogen (secondary N) is 1. The molecule has 0 radical (unpaired) electrons. The fourth-order valence-electron chi connectivity index (χ4n) is 2.54. The van der Waals surface area contributed by atoms with Gasteiger partial charge in [-0.1, -0.05) is 26.0 Å². The van der Waals surface area contributed by atoms with Gasteiger partial charge in [0, 0.05) is 10.6 Å². The van der Waals surface area contributed by atoms with Crippen LogP contribution in [0.4, 0.5) is 5.69 Å². The van der Waals surface area contributed by atoms with Crippen LogP contribution in [0.3, 0.4) is 0 Å². The van der Waals surface area contributed by atoms with Crippen molar-refractivity contribution in [1.29, 1.82) is 0 Å². The first-order valence-corrected chi connectivity index (χ1v) is 9.02. The molecule has 0 aliphatic heterocycles. The molecule has 6 nitrogen and oxygen atoms in total. The van der Waals surface area contributed by atoms with Crippen LogP contribution in [-0.4, -0.2) is 25.7 Å². The van der Waals surface area contributed by atoms with Gasteiger partial charge in [0.2, 0.25) is 0 Å². The number of carbonyl (C=O) groups is 1. The Balaban J connectivity index is 1.69. The monoisotopic (exact) mass is 355 g/mol. The Hall–Kier alpha value is -2.54. The molecule has 0 bridgehead atoms. The Morgan fingerprint density at radius 3 is 2.68 bits per heavy atom. The van der Waals surface area contributed by atoms with Crippen LogP contribution in [0, 0.1) is 12.8 Å².